The zero-order valence-corrected chi connectivity index (χ0v) is 18.2. The second-order valence-electron chi connectivity index (χ2n) is 8.24. The SMILES string of the molecule is CCOC(=O)[C@H]1CCCN(C(=O)[C@H](C)N2CCC(NC(=O)c3cnn(C)c3)CC2)C1. The molecule has 2 aliphatic rings. The molecule has 0 aromatic carbocycles. The molecule has 1 aromatic rings. The third kappa shape index (κ3) is 5.38. The summed E-state index contributed by atoms with van der Waals surface area (Å²) in [7, 11) is 1.78. The Bertz CT molecular complexity index is 756. The van der Waals surface area contributed by atoms with Crippen molar-refractivity contribution in [2.45, 2.75) is 51.6 Å². The molecule has 3 rings (SSSR count). The van der Waals surface area contributed by atoms with Crippen molar-refractivity contribution >= 4 is 17.8 Å². The van der Waals surface area contributed by atoms with E-state index in [1.54, 1.807) is 31.0 Å². The van der Waals surface area contributed by atoms with Crippen LogP contribution in [0.3, 0.4) is 0 Å². The second kappa shape index (κ2) is 10.1. The van der Waals surface area contributed by atoms with Gasteiger partial charge in [0, 0.05) is 45.5 Å². The molecule has 2 atom stereocenters. The fraction of sp³-hybridized carbons (Fsp3) is 0.714. The van der Waals surface area contributed by atoms with E-state index in [1.165, 1.54) is 0 Å². The summed E-state index contributed by atoms with van der Waals surface area (Å²) in [5.41, 5.74) is 0.560. The van der Waals surface area contributed by atoms with Crippen molar-refractivity contribution in [1.82, 2.24) is 24.9 Å². The first-order valence-corrected chi connectivity index (χ1v) is 10.9. The Kier molecular flexibility index (Phi) is 7.47. The van der Waals surface area contributed by atoms with E-state index in [4.69, 9.17) is 4.74 Å². The standard InChI is InChI=1S/C21H33N5O4/c1-4-30-21(29)16-6-5-9-26(14-16)20(28)15(2)25-10-7-18(8-11-25)23-19(27)17-12-22-24(3)13-17/h12-13,15-16,18H,4-11,14H2,1-3H3,(H,23,27)/t15-,16-/m0/s1. The molecule has 2 fully saturated rings. The fourth-order valence-corrected chi connectivity index (χ4v) is 4.29. The summed E-state index contributed by atoms with van der Waals surface area (Å²) < 4.78 is 6.74. The van der Waals surface area contributed by atoms with Crippen molar-refractivity contribution in [2.75, 3.05) is 32.8 Å². The maximum absolute atomic E-state index is 13.0. The average molecular weight is 420 g/mol. The topological polar surface area (TPSA) is 96.8 Å². The lowest BCUT2D eigenvalue weighted by Crippen LogP contribution is -2.54. The number of likely N-dealkylation sites (tertiary alicyclic amines) is 2. The monoisotopic (exact) mass is 419 g/mol. The minimum absolute atomic E-state index is 0.0712. The first-order chi connectivity index (χ1) is 14.4. The highest BCUT2D eigenvalue weighted by atomic mass is 16.5. The second-order valence-corrected chi connectivity index (χ2v) is 8.24. The first-order valence-electron chi connectivity index (χ1n) is 10.9. The highest BCUT2D eigenvalue weighted by Crippen LogP contribution is 2.21. The Hall–Kier alpha value is -2.42. The van der Waals surface area contributed by atoms with Gasteiger partial charge in [0.1, 0.15) is 0 Å². The molecule has 0 unspecified atom stereocenters. The van der Waals surface area contributed by atoms with Gasteiger partial charge < -0.3 is 15.0 Å². The highest BCUT2D eigenvalue weighted by molar-refractivity contribution is 5.93. The van der Waals surface area contributed by atoms with Gasteiger partial charge >= 0.3 is 5.97 Å². The zero-order chi connectivity index (χ0) is 21.7. The van der Waals surface area contributed by atoms with Crippen molar-refractivity contribution in [3.63, 3.8) is 0 Å². The van der Waals surface area contributed by atoms with E-state index in [9.17, 15) is 14.4 Å². The number of esters is 1. The molecule has 2 amide bonds. The van der Waals surface area contributed by atoms with E-state index in [2.05, 4.69) is 15.3 Å². The summed E-state index contributed by atoms with van der Waals surface area (Å²) in [5, 5.41) is 7.10. The van der Waals surface area contributed by atoms with Gasteiger partial charge in [0.15, 0.2) is 0 Å². The number of ether oxygens (including phenoxy) is 1. The van der Waals surface area contributed by atoms with E-state index < -0.39 is 0 Å². The number of nitrogens with zero attached hydrogens (tertiary/aromatic N) is 4. The Morgan fingerprint density at radius 3 is 2.60 bits per heavy atom. The molecule has 0 saturated carbocycles. The number of aryl methyl sites for hydroxylation is 1. The zero-order valence-electron chi connectivity index (χ0n) is 18.2. The predicted molar refractivity (Wildman–Crippen MR) is 111 cm³/mol. The van der Waals surface area contributed by atoms with Gasteiger partial charge in [0.2, 0.25) is 5.91 Å². The summed E-state index contributed by atoms with van der Waals surface area (Å²) in [5.74, 6) is -0.457. The summed E-state index contributed by atoms with van der Waals surface area (Å²) >= 11 is 0. The van der Waals surface area contributed by atoms with Crippen molar-refractivity contribution in [1.29, 1.82) is 0 Å². The molecule has 1 aromatic heterocycles. The molecule has 0 aliphatic carbocycles. The van der Waals surface area contributed by atoms with Crippen LogP contribution in [0.25, 0.3) is 0 Å². The van der Waals surface area contributed by atoms with Gasteiger partial charge in [-0.3, -0.25) is 24.0 Å². The number of nitrogens with one attached hydrogen (secondary N) is 1. The molecule has 0 bridgehead atoms. The van der Waals surface area contributed by atoms with Gasteiger partial charge in [-0.2, -0.15) is 5.10 Å². The number of rotatable bonds is 6. The third-order valence-electron chi connectivity index (χ3n) is 6.09. The van der Waals surface area contributed by atoms with E-state index in [0.717, 1.165) is 38.8 Å². The molecule has 30 heavy (non-hydrogen) atoms. The van der Waals surface area contributed by atoms with Crippen LogP contribution in [0, 0.1) is 5.92 Å². The van der Waals surface area contributed by atoms with Crippen molar-refractivity contribution in [2.24, 2.45) is 13.0 Å². The highest BCUT2D eigenvalue weighted by Gasteiger charge is 2.34. The quantitative estimate of drug-likeness (QED) is 0.686. The van der Waals surface area contributed by atoms with Gasteiger partial charge in [0.25, 0.3) is 5.91 Å². The Labute approximate surface area is 177 Å². The van der Waals surface area contributed by atoms with Crippen LogP contribution in [0.5, 0.6) is 0 Å². The van der Waals surface area contributed by atoms with Crippen LogP contribution in [-0.4, -0.2) is 82.2 Å². The molecule has 9 nitrogen and oxygen atoms in total. The van der Waals surface area contributed by atoms with Crippen LogP contribution in [0.15, 0.2) is 12.4 Å². The number of aromatic nitrogens is 2. The lowest BCUT2D eigenvalue weighted by atomic mass is 9.97. The largest absolute Gasteiger partial charge is 0.466 e. The molecule has 2 saturated heterocycles. The number of hydrogen-bond acceptors (Lipinski definition) is 6. The van der Waals surface area contributed by atoms with Gasteiger partial charge in [0.05, 0.1) is 30.3 Å². The van der Waals surface area contributed by atoms with Crippen LogP contribution in [0.4, 0.5) is 0 Å². The van der Waals surface area contributed by atoms with Gasteiger partial charge in [-0.15, -0.1) is 0 Å². The van der Waals surface area contributed by atoms with Crippen LogP contribution in [0.2, 0.25) is 0 Å². The Morgan fingerprint density at radius 1 is 1.23 bits per heavy atom. The minimum atomic E-state index is -0.235. The molecule has 2 aliphatic heterocycles. The number of piperidine rings is 2. The third-order valence-corrected chi connectivity index (χ3v) is 6.09. The fourth-order valence-electron chi connectivity index (χ4n) is 4.29. The summed E-state index contributed by atoms with van der Waals surface area (Å²) in [6.45, 7) is 6.74. The summed E-state index contributed by atoms with van der Waals surface area (Å²) in [6.07, 6.45) is 6.47. The summed E-state index contributed by atoms with van der Waals surface area (Å²) in [4.78, 5) is 41.4. The number of hydrogen-bond donors (Lipinski definition) is 1. The lowest BCUT2D eigenvalue weighted by molar-refractivity contribution is -0.152. The van der Waals surface area contributed by atoms with Gasteiger partial charge in [-0.1, -0.05) is 0 Å². The maximum Gasteiger partial charge on any atom is 0.310 e. The van der Waals surface area contributed by atoms with Crippen LogP contribution < -0.4 is 5.32 Å². The van der Waals surface area contributed by atoms with Gasteiger partial charge in [-0.25, -0.2) is 0 Å². The van der Waals surface area contributed by atoms with E-state index in [0.29, 0.717) is 25.3 Å². The average Bonchev–Trinajstić information content (AvgIpc) is 3.20. The smallest absolute Gasteiger partial charge is 0.310 e. The predicted octanol–water partition coefficient (Wildman–Crippen LogP) is 0.805. The van der Waals surface area contributed by atoms with Gasteiger partial charge in [-0.05, 0) is 39.5 Å². The number of carbonyl (C=O) groups excluding carboxylic acids is 3. The van der Waals surface area contributed by atoms with Crippen molar-refractivity contribution in [3.8, 4) is 0 Å². The van der Waals surface area contributed by atoms with Crippen LogP contribution in [0.1, 0.15) is 49.9 Å². The molecule has 0 spiro atoms. The number of carbonyl (C=O) groups is 3. The van der Waals surface area contributed by atoms with E-state index in [-0.39, 0.29) is 35.8 Å². The molecule has 0 radical (unpaired) electrons. The molecular formula is C21H33N5O4. The van der Waals surface area contributed by atoms with E-state index in [1.807, 2.05) is 11.8 Å². The Balaban J connectivity index is 1.47. The number of amides is 2. The lowest BCUT2D eigenvalue weighted by Gasteiger charge is -2.39. The maximum atomic E-state index is 13.0. The van der Waals surface area contributed by atoms with Crippen molar-refractivity contribution < 1.29 is 19.1 Å². The molecule has 3 heterocycles. The molecular weight excluding hydrogens is 386 g/mol. The van der Waals surface area contributed by atoms with Crippen LogP contribution >= 0.6 is 0 Å². The normalized spacial score (nSPS) is 21.8. The first kappa shape index (κ1) is 22.3. The Morgan fingerprint density at radius 2 is 1.97 bits per heavy atom. The minimum Gasteiger partial charge on any atom is -0.466 e. The molecule has 166 valence electrons. The van der Waals surface area contributed by atoms with E-state index >= 15 is 0 Å². The van der Waals surface area contributed by atoms with Crippen LogP contribution in [-0.2, 0) is 21.4 Å². The molecule has 9 heteroatoms. The summed E-state index contributed by atoms with van der Waals surface area (Å²) in [6, 6.07) is -0.139. The molecule has 1 N–H and O–H groups in total. The van der Waals surface area contributed by atoms with Crippen molar-refractivity contribution in [3.05, 3.63) is 18.0 Å².